The van der Waals surface area contributed by atoms with Crippen LogP contribution in [0.5, 0.6) is 5.75 Å². The maximum atomic E-state index is 13.0. The van der Waals surface area contributed by atoms with Crippen molar-refractivity contribution in [2.24, 2.45) is 0 Å². The first-order chi connectivity index (χ1) is 12.7. The van der Waals surface area contributed by atoms with E-state index in [1.54, 1.807) is 16.7 Å². The van der Waals surface area contributed by atoms with E-state index in [9.17, 15) is 4.79 Å². The molecule has 5 nitrogen and oxygen atoms in total. The zero-order valence-corrected chi connectivity index (χ0v) is 15.3. The second-order valence-corrected chi connectivity index (χ2v) is 5.88. The average Bonchev–Trinajstić information content (AvgIpc) is 3.15. The monoisotopic (exact) mass is 349 g/mol. The molecule has 5 heteroatoms. The van der Waals surface area contributed by atoms with Gasteiger partial charge in [0, 0.05) is 24.8 Å². The molecule has 0 N–H and O–H groups in total. The van der Waals surface area contributed by atoms with E-state index in [1.807, 2.05) is 74.6 Å². The lowest BCUT2D eigenvalue weighted by atomic mass is 10.1. The second-order valence-electron chi connectivity index (χ2n) is 5.88. The quantitative estimate of drug-likeness (QED) is 0.675. The molecule has 0 saturated heterocycles. The van der Waals surface area contributed by atoms with Crippen molar-refractivity contribution in [3.63, 3.8) is 0 Å². The number of para-hydroxylation sites is 1. The minimum absolute atomic E-state index is 0.0185. The van der Waals surface area contributed by atoms with Gasteiger partial charge >= 0.3 is 0 Å². The Morgan fingerprint density at radius 3 is 2.46 bits per heavy atom. The van der Waals surface area contributed by atoms with Crippen LogP contribution in [0.25, 0.3) is 16.9 Å². The Morgan fingerprint density at radius 2 is 1.81 bits per heavy atom. The molecule has 0 saturated carbocycles. The lowest BCUT2D eigenvalue weighted by Crippen LogP contribution is -2.30. The van der Waals surface area contributed by atoms with Crippen LogP contribution in [0.4, 0.5) is 0 Å². The zero-order chi connectivity index (χ0) is 18.5. The van der Waals surface area contributed by atoms with Crippen molar-refractivity contribution >= 4 is 5.91 Å². The van der Waals surface area contributed by atoms with Crippen LogP contribution in [0.2, 0.25) is 0 Å². The summed E-state index contributed by atoms with van der Waals surface area (Å²) < 4.78 is 7.08. The molecule has 0 atom stereocenters. The van der Waals surface area contributed by atoms with E-state index < -0.39 is 0 Å². The molecular weight excluding hydrogens is 326 g/mol. The van der Waals surface area contributed by atoms with Gasteiger partial charge in [-0.25, -0.2) is 4.68 Å². The highest BCUT2D eigenvalue weighted by molar-refractivity contribution is 6.00. The minimum Gasteiger partial charge on any atom is -0.497 e. The van der Waals surface area contributed by atoms with E-state index >= 15 is 0 Å². The van der Waals surface area contributed by atoms with Gasteiger partial charge in [-0.2, -0.15) is 5.10 Å². The van der Waals surface area contributed by atoms with Crippen LogP contribution in [0.15, 0.2) is 60.8 Å². The standard InChI is InChI=1S/C21H23N3O2/c1-4-23(5-2)21(25)19-15-24(17-11-7-6-8-12-17)22-20(19)16-10-9-13-18(14-16)26-3/h6-15H,4-5H2,1-3H3. The minimum atomic E-state index is -0.0185. The lowest BCUT2D eigenvalue weighted by molar-refractivity contribution is 0.0773. The highest BCUT2D eigenvalue weighted by atomic mass is 16.5. The number of aromatic nitrogens is 2. The fraction of sp³-hybridized carbons (Fsp3) is 0.238. The molecule has 26 heavy (non-hydrogen) atoms. The molecule has 3 aromatic rings. The summed E-state index contributed by atoms with van der Waals surface area (Å²) in [7, 11) is 1.63. The molecule has 0 unspecified atom stereocenters. The number of rotatable bonds is 6. The first-order valence-corrected chi connectivity index (χ1v) is 8.76. The molecule has 0 spiro atoms. The van der Waals surface area contributed by atoms with Gasteiger partial charge in [-0.05, 0) is 38.1 Å². The molecule has 1 amide bonds. The van der Waals surface area contributed by atoms with Crippen molar-refractivity contribution < 1.29 is 9.53 Å². The highest BCUT2D eigenvalue weighted by Gasteiger charge is 2.22. The van der Waals surface area contributed by atoms with Crippen LogP contribution in [-0.4, -0.2) is 40.8 Å². The molecule has 2 aromatic carbocycles. The van der Waals surface area contributed by atoms with Crippen molar-refractivity contribution in [1.29, 1.82) is 0 Å². The Kier molecular flexibility index (Phi) is 5.37. The van der Waals surface area contributed by atoms with Crippen molar-refractivity contribution in [2.45, 2.75) is 13.8 Å². The van der Waals surface area contributed by atoms with Crippen molar-refractivity contribution in [2.75, 3.05) is 20.2 Å². The normalized spacial score (nSPS) is 10.6. The van der Waals surface area contributed by atoms with Gasteiger partial charge in [0.25, 0.3) is 5.91 Å². The van der Waals surface area contributed by atoms with E-state index in [4.69, 9.17) is 9.84 Å². The lowest BCUT2D eigenvalue weighted by Gasteiger charge is -2.18. The second kappa shape index (κ2) is 7.87. The van der Waals surface area contributed by atoms with Gasteiger partial charge in [-0.1, -0.05) is 30.3 Å². The van der Waals surface area contributed by atoms with Crippen molar-refractivity contribution in [3.05, 3.63) is 66.4 Å². The number of methoxy groups -OCH3 is 1. The van der Waals surface area contributed by atoms with Crippen molar-refractivity contribution in [1.82, 2.24) is 14.7 Å². The molecule has 1 aromatic heterocycles. The van der Waals surface area contributed by atoms with Gasteiger partial charge < -0.3 is 9.64 Å². The zero-order valence-electron chi connectivity index (χ0n) is 15.3. The Labute approximate surface area is 153 Å². The fourth-order valence-electron chi connectivity index (χ4n) is 2.91. The first kappa shape index (κ1) is 17.7. The van der Waals surface area contributed by atoms with E-state index in [0.29, 0.717) is 24.3 Å². The number of carbonyl (C=O) groups is 1. The Morgan fingerprint density at radius 1 is 1.08 bits per heavy atom. The fourth-order valence-corrected chi connectivity index (χ4v) is 2.91. The molecule has 0 aliphatic carbocycles. The van der Waals surface area contributed by atoms with E-state index in [1.165, 1.54) is 0 Å². The van der Waals surface area contributed by atoms with Crippen molar-refractivity contribution in [3.8, 4) is 22.7 Å². The van der Waals surface area contributed by atoms with Gasteiger partial charge in [0.2, 0.25) is 0 Å². The van der Waals surface area contributed by atoms with E-state index in [2.05, 4.69) is 0 Å². The van der Waals surface area contributed by atoms with Crippen LogP contribution >= 0.6 is 0 Å². The van der Waals surface area contributed by atoms with Gasteiger partial charge in [0.05, 0.1) is 18.4 Å². The summed E-state index contributed by atoms with van der Waals surface area (Å²) in [5, 5.41) is 4.71. The summed E-state index contributed by atoms with van der Waals surface area (Å²) in [5.74, 6) is 0.716. The van der Waals surface area contributed by atoms with Crippen LogP contribution in [-0.2, 0) is 0 Å². The number of hydrogen-bond acceptors (Lipinski definition) is 3. The summed E-state index contributed by atoms with van der Waals surface area (Å²) in [4.78, 5) is 14.8. The molecule has 0 aliphatic heterocycles. The van der Waals surface area contributed by atoms with Gasteiger partial charge in [0.1, 0.15) is 11.4 Å². The Balaban J connectivity index is 2.14. The predicted molar refractivity (Wildman–Crippen MR) is 103 cm³/mol. The van der Waals surface area contributed by atoms with Crippen LogP contribution < -0.4 is 4.74 Å². The highest BCUT2D eigenvalue weighted by Crippen LogP contribution is 2.27. The first-order valence-electron chi connectivity index (χ1n) is 8.76. The smallest absolute Gasteiger partial charge is 0.257 e. The topological polar surface area (TPSA) is 47.4 Å². The number of nitrogens with zero attached hydrogens (tertiary/aromatic N) is 3. The Bertz CT molecular complexity index is 883. The molecule has 0 bridgehead atoms. The third-order valence-corrected chi connectivity index (χ3v) is 4.36. The van der Waals surface area contributed by atoms with E-state index in [0.717, 1.165) is 17.0 Å². The summed E-state index contributed by atoms with van der Waals surface area (Å²) >= 11 is 0. The predicted octanol–water partition coefficient (Wildman–Crippen LogP) is 4.03. The van der Waals surface area contributed by atoms with Gasteiger partial charge in [-0.3, -0.25) is 4.79 Å². The molecule has 134 valence electrons. The van der Waals surface area contributed by atoms with Crippen LogP contribution in [0, 0.1) is 0 Å². The molecular formula is C21H23N3O2. The van der Waals surface area contributed by atoms with E-state index in [-0.39, 0.29) is 5.91 Å². The van der Waals surface area contributed by atoms with Gasteiger partial charge in [-0.15, -0.1) is 0 Å². The number of amides is 1. The largest absolute Gasteiger partial charge is 0.497 e. The summed E-state index contributed by atoms with van der Waals surface area (Å²) in [6.45, 7) is 5.27. The number of benzene rings is 2. The number of ether oxygens (including phenoxy) is 1. The summed E-state index contributed by atoms with van der Waals surface area (Å²) in [6.07, 6.45) is 1.81. The molecule has 0 radical (unpaired) electrons. The third kappa shape index (κ3) is 3.47. The number of carbonyl (C=O) groups excluding carboxylic acids is 1. The molecule has 1 heterocycles. The molecule has 0 aliphatic rings. The van der Waals surface area contributed by atoms with Crippen LogP contribution in [0.3, 0.4) is 0 Å². The molecule has 0 fully saturated rings. The SMILES string of the molecule is CCN(CC)C(=O)c1cn(-c2ccccc2)nc1-c1cccc(OC)c1. The third-order valence-electron chi connectivity index (χ3n) is 4.36. The average molecular weight is 349 g/mol. The maximum Gasteiger partial charge on any atom is 0.257 e. The van der Waals surface area contributed by atoms with Gasteiger partial charge in [0.15, 0.2) is 0 Å². The van der Waals surface area contributed by atoms with Crippen LogP contribution in [0.1, 0.15) is 24.2 Å². The maximum absolute atomic E-state index is 13.0. The summed E-state index contributed by atoms with van der Waals surface area (Å²) in [6, 6.07) is 17.4. The summed E-state index contributed by atoms with van der Waals surface area (Å²) in [5.41, 5.74) is 3.01. The number of hydrogen-bond donors (Lipinski definition) is 0. The molecule has 3 rings (SSSR count). The Hall–Kier alpha value is -3.08.